The molecule has 1 N–H and O–H groups in total. The van der Waals surface area contributed by atoms with E-state index in [1.165, 1.54) is 50.5 Å². The van der Waals surface area contributed by atoms with E-state index in [9.17, 15) is 19.1 Å². The number of hydrogen-bond acceptors (Lipinski definition) is 7. The lowest BCUT2D eigenvalue weighted by atomic mass is 9.94. The van der Waals surface area contributed by atoms with Crippen LogP contribution in [0.15, 0.2) is 66.2 Å². The van der Waals surface area contributed by atoms with Crippen LogP contribution >= 0.6 is 11.6 Å². The fraction of sp³-hybridized carbons (Fsp3) is 0.241. The number of halogens is 2. The molecular weight excluding hydrogens is 529 g/mol. The molecule has 204 valence electrons. The zero-order chi connectivity index (χ0) is 28.1. The number of carbonyl (C=O) groups excluding carboxylic acids is 2. The van der Waals surface area contributed by atoms with Crippen molar-refractivity contribution in [3.05, 3.63) is 93.8 Å². The third kappa shape index (κ3) is 5.84. The zero-order valence-electron chi connectivity index (χ0n) is 21.6. The van der Waals surface area contributed by atoms with Crippen LogP contribution in [0.4, 0.5) is 4.39 Å². The summed E-state index contributed by atoms with van der Waals surface area (Å²) in [6.07, 6.45) is 0. The Labute approximate surface area is 230 Å². The molecule has 10 heteroatoms. The molecule has 1 aliphatic heterocycles. The van der Waals surface area contributed by atoms with Crippen LogP contribution in [0.25, 0.3) is 5.76 Å². The quantitative estimate of drug-likeness (QED) is 0.210. The normalized spacial score (nSPS) is 16.4. The number of ether oxygens (including phenoxy) is 4. The highest BCUT2D eigenvalue weighted by Crippen LogP contribution is 2.43. The van der Waals surface area contributed by atoms with E-state index in [1.807, 2.05) is 0 Å². The van der Waals surface area contributed by atoms with E-state index in [1.54, 1.807) is 36.4 Å². The number of aliphatic hydroxyl groups excluding tert-OH is 1. The molecule has 0 radical (unpaired) electrons. The van der Waals surface area contributed by atoms with E-state index in [2.05, 4.69) is 0 Å². The molecule has 1 saturated heterocycles. The van der Waals surface area contributed by atoms with Crippen LogP contribution in [-0.2, 0) is 20.9 Å². The molecule has 0 bridgehead atoms. The fourth-order valence-corrected chi connectivity index (χ4v) is 4.59. The van der Waals surface area contributed by atoms with Crippen molar-refractivity contribution in [2.45, 2.75) is 12.6 Å². The summed E-state index contributed by atoms with van der Waals surface area (Å²) >= 11 is 6.22. The summed E-state index contributed by atoms with van der Waals surface area (Å²) in [5.74, 6) is -1.53. The molecule has 0 aromatic heterocycles. The fourth-order valence-electron chi connectivity index (χ4n) is 4.36. The molecule has 1 unspecified atom stereocenters. The van der Waals surface area contributed by atoms with E-state index in [4.69, 9.17) is 30.5 Å². The molecule has 1 heterocycles. The smallest absolute Gasteiger partial charge is 0.295 e. The largest absolute Gasteiger partial charge is 0.507 e. The number of amides is 1. The second kappa shape index (κ2) is 12.2. The van der Waals surface area contributed by atoms with Crippen LogP contribution in [-0.4, -0.2) is 56.2 Å². The van der Waals surface area contributed by atoms with E-state index in [0.29, 0.717) is 11.3 Å². The lowest BCUT2D eigenvalue weighted by molar-refractivity contribution is -0.140. The van der Waals surface area contributed by atoms with Gasteiger partial charge in [0.2, 0.25) is 0 Å². The first-order chi connectivity index (χ1) is 18.8. The van der Waals surface area contributed by atoms with Crippen LogP contribution in [0.5, 0.6) is 17.2 Å². The molecule has 3 aromatic rings. The standard InChI is InChI=1S/C29H27ClFNO7/c1-36-12-11-32-26(18-5-4-6-20(13-18)39-16-17-7-9-19(31)10-8-17)25(28(34)29(32)35)27(33)21-14-24(38-3)22(30)15-23(21)37-2/h4-10,13-15,26,33H,11-12,16H2,1-3H3/b27-25+. The molecule has 1 amide bonds. The maximum Gasteiger partial charge on any atom is 0.295 e. The first-order valence-electron chi connectivity index (χ1n) is 12.0. The number of hydrogen-bond donors (Lipinski definition) is 1. The third-order valence-electron chi connectivity index (χ3n) is 6.30. The van der Waals surface area contributed by atoms with Crippen molar-refractivity contribution in [1.82, 2.24) is 4.90 Å². The van der Waals surface area contributed by atoms with Gasteiger partial charge < -0.3 is 29.0 Å². The minimum atomic E-state index is -0.944. The molecule has 1 fully saturated rings. The molecular formula is C29H27ClFNO7. The van der Waals surface area contributed by atoms with Crippen LogP contribution < -0.4 is 14.2 Å². The number of nitrogens with zero attached hydrogens (tertiary/aromatic N) is 1. The van der Waals surface area contributed by atoms with Crippen molar-refractivity contribution < 1.29 is 38.0 Å². The van der Waals surface area contributed by atoms with Gasteiger partial charge in [0.05, 0.1) is 43.0 Å². The van der Waals surface area contributed by atoms with Gasteiger partial charge in [0.1, 0.15) is 35.4 Å². The molecule has 0 spiro atoms. The van der Waals surface area contributed by atoms with Gasteiger partial charge in [-0.15, -0.1) is 0 Å². The van der Waals surface area contributed by atoms with Crippen molar-refractivity contribution >= 4 is 29.1 Å². The minimum Gasteiger partial charge on any atom is -0.507 e. The Hall–Kier alpha value is -4.08. The average molecular weight is 556 g/mol. The van der Waals surface area contributed by atoms with Crippen molar-refractivity contribution in [2.75, 3.05) is 34.5 Å². The minimum absolute atomic E-state index is 0.101. The Morgan fingerprint density at radius 1 is 1.00 bits per heavy atom. The maximum absolute atomic E-state index is 13.3. The molecule has 39 heavy (non-hydrogen) atoms. The van der Waals surface area contributed by atoms with Gasteiger partial charge in [-0.1, -0.05) is 35.9 Å². The summed E-state index contributed by atoms with van der Waals surface area (Å²) in [4.78, 5) is 27.8. The lowest BCUT2D eigenvalue weighted by Gasteiger charge is -2.25. The van der Waals surface area contributed by atoms with E-state index in [0.717, 1.165) is 5.56 Å². The molecule has 1 atom stereocenters. The Kier molecular flexibility index (Phi) is 8.73. The highest BCUT2D eigenvalue weighted by molar-refractivity contribution is 6.46. The van der Waals surface area contributed by atoms with Crippen molar-refractivity contribution in [1.29, 1.82) is 0 Å². The first-order valence-corrected chi connectivity index (χ1v) is 12.3. The zero-order valence-corrected chi connectivity index (χ0v) is 22.3. The van der Waals surface area contributed by atoms with Crippen LogP contribution in [0.3, 0.4) is 0 Å². The maximum atomic E-state index is 13.3. The molecule has 0 saturated carbocycles. The lowest BCUT2D eigenvalue weighted by Crippen LogP contribution is -2.32. The van der Waals surface area contributed by atoms with Crippen molar-refractivity contribution in [3.63, 3.8) is 0 Å². The topological polar surface area (TPSA) is 94.5 Å². The summed E-state index contributed by atoms with van der Waals surface area (Å²) < 4.78 is 35.0. The van der Waals surface area contributed by atoms with Gasteiger partial charge in [-0.3, -0.25) is 9.59 Å². The highest BCUT2D eigenvalue weighted by Gasteiger charge is 2.46. The van der Waals surface area contributed by atoms with Crippen molar-refractivity contribution in [3.8, 4) is 17.2 Å². The van der Waals surface area contributed by atoms with Gasteiger partial charge in [-0.2, -0.15) is 0 Å². The van der Waals surface area contributed by atoms with Gasteiger partial charge in [0, 0.05) is 19.7 Å². The number of aliphatic hydroxyl groups is 1. The molecule has 8 nitrogen and oxygen atoms in total. The average Bonchev–Trinajstić information content (AvgIpc) is 3.20. The number of ketones is 1. The number of carbonyl (C=O) groups is 2. The van der Waals surface area contributed by atoms with Gasteiger partial charge in [-0.25, -0.2) is 4.39 Å². The predicted molar refractivity (Wildman–Crippen MR) is 143 cm³/mol. The van der Waals surface area contributed by atoms with Crippen molar-refractivity contribution in [2.24, 2.45) is 0 Å². The molecule has 1 aliphatic rings. The molecule has 0 aliphatic carbocycles. The van der Waals surface area contributed by atoms with Gasteiger partial charge >= 0.3 is 0 Å². The van der Waals surface area contributed by atoms with E-state index < -0.39 is 23.5 Å². The van der Waals surface area contributed by atoms with Gasteiger partial charge in [0.25, 0.3) is 11.7 Å². The summed E-state index contributed by atoms with van der Waals surface area (Å²) in [6, 6.07) is 14.7. The van der Waals surface area contributed by atoms with E-state index >= 15 is 0 Å². The Morgan fingerprint density at radius 3 is 2.38 bits per heavy atom. The molecule has 4 rings (SSSR count). The number of methoxy groups -OCH3 is 3. The summed E-state index contributed by atoms with van der Waals surface area (Å²) in [5.41, 5.74) is 1.30. The Bertz CT molecular complexity index is 1410. The first kappa shape index (κ1) is 27.9. The number of rotatable bonds is 10. The van der Waals surface area contributed by atoms with Crippen LogP contribution in [0.2, 0.25) is 5.02 Å². The Morgan fingerprint density at radius 2 is 1.72 bits per heavy atom. The van der Waals surface area contributed by atoms with E-state index in [-0.39, 0.29) is 53.2 Å². The highest BCUT2D eigenvalue weighted by atomic mass is 35.5. The summed E-state index contributed by atoms with van der Waals surface area (Å²) in [5, 5.41) is 11.7. The van der Waals surface area contributed by atoms with Gasteiger partial charge in [-0.05, 0) is 41.5 Å². The SMILES string of the molecule is COCCN1C(=O)C(=O)/C(=C(/O)c2cc(OC)c(Cl)cc2OC)C1c1cccc(OCc2ccc(F)cc2)c1. The second-order valence-corrected chi connectivity index (χ2v) is 9.07. The number of Topliss-reactive ketones (excluding diaryl/α,β-unsaturated/α-hetero) is 1. The molecule has 3 aromatic carbocycles. The summed E-state index contributed by atoms with van der Waals surface area (Å²) in [7, 11) is 4.30. The monoisotopic (exact) mass is 555 g/mol. The second-order valence-electron chi connectivity index (χ2n) is 8.66. The van der Waals surface area contributed by atoms with Crippen LogP contribution in [0.1, 0.15) is 22.7 Å². The summed E-state index contributed by atoms with van der Waals surface area (Å²) in [6.45, 7) is 0.446. The van der Waals surface area contributed by atoms with Crippen LogP contribution in [0, 0.1) is 5.82 Å². The number of likely N-dealkylation sites (tertiary alicyclic amines) is 1. The predicted octanol–water partition coefficient (Wildman–Crippen LogP) is 5.14. The Balaban J connectivity index is 1.79. The van der Waals surface area contributed by atoms with Gasteiger partial charge in [0.15, 0.2) is 0 Å². The number of benzene rings is 3. The third-order valence-corrected chi connectivity index (χ3v) is 6.59.